The normalized spacial score (nSPS) is 12.9. The molecule has 0 bridgehead atoms. The highest BCUT2D eigenvalue weighted by molar-refractivity contribution is 7.07. The van der Waals surface area contributed by atoms with Crippen molar-refractivity contribution in [1.82, 2.24) is 4.57 Å². The topological polar surface area (TPSA) is 66.8 Å². The number of hydrogen-bond acceptors (Lipinski definition) is 6. The van der Waals surface area contributed by atoms with Crippen molar-refractivity contribution in [3.8, 4) is 11.5 Å². The van der Waals surface area contributed by atoms with Gasteiger partial charge in [-0.15, -0.1) is 0 Å². The first-order valence-corrected chi connectivity index (χ1v) is 8.69. The molecule has 0 fully saturated rings. The van der Waals surface area contributed by atoms with Gasteiger partial charge in [-0.1, -0.05) is 22.9 Å². The standard InChI is InChI=1S/C16H16ClNO5S/c1-10-9-24-16(20)18(10)3-2-14(19)23-8-11-6-12(17)15-13(7-11)21-4-5-22-15/h6-7,9H,2-5,8H2,1H3. The summed E-state index contributed by atoms with van der Waals surface area (Å²) in [5.41, 5.74) is 1.57. The van der Waals surface area contributed by atoms with Crippen molar-refractivity contribution in [1.29, 1.82) is 0 Å². The van der Waals surface area contributed by atoms with Crippen LogP contribution in [0.3, 0.4) is 0 Å². The van der Waals surface area contributed by atoms with Crippen LogP contribution in [-0.4, -0.2) is 23.8 Å². The van der Waals surface area contributed by atoms with Gasteiger partial charge in [-0.25, -0.2) is 0 Å². The van der Waals surface area contributed by atoms with Gasteiger partial charge in [-0.05, 0) is 24.6 Å². The van der Waals surface area contributed by atoms with Crippen molar-refractivity contribution < 1.29 is 19.0 Å². The van der Waals surface area contributed by atoms with Crippen LogP contribution in [0.15, 0.2) is 22.3 Å². The first kappa shape index (κ1) is 16.9. The van der Waals surface area contributed by atoms with E-state index in [4.69, 9.17) is 25.8 Å². The lowest BCUT2D eigenvalue weighted by Gasteiger charge is -2.20. The number of carbonyl (C=O) groups excluding carboxylic acids is 1. The van der Waals surface area contributed by atoms with Crippen molar-refractivity contribution in [3.63, 3.8) is 0 Å². The number of aryl methyl sites for hydroxylation is 1. The van der Waals surface area contributed by atoms with Gasteiger partial charge in [0.1, 0.15) is 19.8 Å². The second-order valence-electron chi connectivity index (χ2n) is 5.31. The smallest absolute Gasteiger partial charge is 0.307 e. The summed E-state index contributed by atoms with van der Waals surface area (Å²) in [5.74, 6) is 0.698. The summed E-state index contributed by atoms with van der Waals surface area (Å²) in [4.78, 5) is 23.4. The summed E-state index contributed by atoms with van der Waals surface area (Å²) in [7, 11) is 0. The van der Waals surface area contributed by atoms with Crippen LogP contribution in [0, 0.1) is 6.92 Å². The minimum absolute atomic E-state index is 0.0704. The molecular formula is C16H16ClNO5S. The second kappa shape index (κ2) is 7.27. The molecule has 0 atom stereocenters. The Morgan fingerprint density at radius 1 is 1.38 bits per heavy atom. The molecule has 128 valence electrons. The third-order valence-electron chi connectivity index (χ3n) is 3.57. The van der Waals surface area contributed by atoms with E-state index in [1.807, 2.05) is 6.92 Å². The molecule has 1 aliphatic rings. The average Bonchev–Trinajstić information content (AvgIpc) is 2.89. The lowest BCUT2D eigenvalue weighted by molar-refractivity contribution is -0.145. The third-order valence-corrected chi connectivity index (χ3v) is 4.73. The van der Waals surface area contributed by atoms with Gasteiger partial charge in [0.15, 0.2) is 11.5 Å². The van der Waals surface area contributed by atoms with E-state index < -0.39 is 0 Å². The number of halogens is 1. The summed E-state index contributed by atoms with van der Waals surface area (Å²) in [5, 5.41) is 2.20. The van der Waals surface area contributed by atoms with Crippen molar-refractivity contribution >= 4 is 28.9 Å². The van der Waals surface area contributed by atoms with E-state index in [-0.39, 0.29) is 23.9 Å². The molecule has 0 radical (unpaired) electrons. The predicted molar refractivity (Wildman–Crippen MR) is 90.2 cm³/mol. The number of fused-ring (bicyclic) bond motifs is 1. The van der Waals surface area contributed by atoms with Gasteiger partial charge in [0.2, 0.25) is 0 Å². The summed E-state index contributed by atoms with van der Waals surface area (Å²) < 4.78 is 17.7. The number of hydrogen-bond donors (Lipinski definition) is 0. The van der Waals surface area contributed by atoms with E-state index in [0.717, 1.165) is 22.6 Å². The minimum Gasteiger partial charge on any atom is -0.486 e. The van der Waals surface area contributed by atoms with Crippen LogP contribution in [0.4, 0.5) is 0 Å². The molecule has 0 amide bonds. The molecule has 1 aliphatic heterocycles. The number of benzene rings is 1. The van der Waals surface area contributed by atoms with Crippen molar-refractivity contribution in [2.24, 2.45) is 0 Å². The predicted octanol–water partition coefficient (Wildman–Crippen LogP) is 2.78. The van der Waals surface area contributed by atoms with E-state index in [0.29, 0.717) is 36.3 Å². The van der Waals surface area contributed by atoms with Crippen LogP contribution in [0.2, 0.25) is 5.02 Å². The Kier molecular flexibility index (Phi) is 5.11. The van der Waals surface area contributed by atoms with E-state index in [1.54, 1.807) is 22.1 Å². The van der Waals surface area contributed by atoms with Gasteiger partial charge < -0.3 is 18.8 Å². The molecule has 2 heterocycles. The van der Waals surface area contributed by atoms with Crippen LogP contribution in [-0.2, 0) is 22.7 Å². The molecule has 0 N–H and O–H groups in total. The molecule has 6 nitrogen and oxygen atoms in total. The molecule has 1 aromatic carbocycles. The van der Waals surface area contributed by atoms with Crippen molar-refractivity contribution in [2.75, 3.05) is 13.2 Å². The van der Waals surface area contributed by atoms with Gasteiger partial charge in [0, 0.05) is 17.6 Å². The number of aromatic nitrogens is 1. The maximum Gasteiger partial charge on any atom is 0.307 e. The van der Waals surface area contributed by atoms with Crippen LogP contribution < -0.4 is 14.3 Å². The number of thiazole rings is 1. The Morgan fingerprint density at radius 2 is 2.17 bits per heavy atom. The van der Waals surface area contributed by atoms with Crippen LogP contribution in [0.1, 0.15) is 17.7 Å². The number of carbonyl (C=O) groups is 1. The zero-order valence-corrected chi connectivity index (χ0v) is 14.6. The van der Waals surface area contributed by atoms with Crippen molar-refractivity contribution in [2.45, 2.75) is 26.5 Å². The molecule has 24 heavy (non-hydrogen) atoms. The lowest BCUT2D eigenvalue weighted by Crippen LogP contribution is -2.18. The van der Waals surface area contributed by atoms with Crippen molar-refractivity contribution in [3.05, 3.63) is 43.5 Å². The van der Waals surface area contributed by atoms with E-state index in [1.165, 1.54) is 0 Å². The van der Waals surface area contributed by atoms with Gasteiger partial charge in [-0.3, -0.25) is 9.59 Å². The van der Waals surface area contributed by atoms with Gasteiger partial charge in [-0.2, -0.15) is 0 Å². The third kappa shape index (κ3) is 3.73. The minimum atomic E-state index is -0.376. The van der Waals surface area contributed by atoms with Crippen LogP contribution >= 0.6 is 22.9 Å². The second-order valence-corrected chi connectivity index (χ2v) is 6.53. The summed E-state index contributed by atoms with van der Waals surface area (Å²) in [6, 6.07) is 3.44. The number of rotatable bonds is 5. The summed E-state index contributed by atoms with van der Waals surface area (Å²) in [6.07, 6.45) is 0.135. The zero-order chi connectivity index (χ0) is 17.1. The maximum absolute atomic E-state index is 11.9. The molecule has 0 saturated carbocycles. The largest absolute Gasteiger partial charge is 0.486 e. The number of esters is 1. The quantitative estimate of drug-likeness (QED) is 0.758. The highest BCUT2D eigenvalue weighted by Gasteiger charge is 2.17. The number of nitrogens with zero attached hydrogens (tertiary/aromatic N) is 1. The van der Waals surface area contributed by atoms with Crippen LogP contribution in [0.25, 0.3) is 0 Å². The van der Waals surface area contributed by atoms with Gasteiger partial charge >= 0.3 is 10.8 Å². The number of ether oxygens (including phenoxy) is 3. The van der Waals surface area contributed by atoms with Gasteiger partial charge in [0.25, 0.3) is 0 Å². The molecule has 3 rings (SSSR count). The van der Waals surface area contributed by atoms with Gasteiger partial charge in [0.05, 0.1) is 11.4 Å². The molecule has 0 saturated heterocycles. The van der Waals surface area contributed by atoms with E-state index >= 15 is 0 Å². The molecule has 2 aromatic rings. The Hall–Kier alpha value is -1.99. The fourth-order valence-corrected chi connectivity index (χ4v) is 3.41. The average molecular weight is 370 g/mol. The molecule has 1 aromatic heterocycles. The fourth-order valence-electron chi connectivity index (χ4n) is 2.36. The highest BCUT2D eigenvalue weighted by Crippen LogP contribution is 2.38. The first-order chi connectivity index (χ1) is 11.5. The Balaban J connectivity index is 1.56. The molecule has 8 heteroatoms. The molecular weight excluding hydrogens is 354 g/mol. The monoisotopic (exact) mass is 369 g/mol. The SMILES string of the molecule is Cc1csc(=O)n1CCC(=O)OCc1cc(Cl)c2c(c1)OCCO2. The molecule has 0 aliphatic carbocycles. The maximum atomic E-state index is 11.9. The Bertz CT molecular complexity index is 813. The fraction of sp³-hybridized carbons (Fsp3) is 0.375. The zero-order valence-electron chi connectivity index (χ0n) is 13.0. The summed E-state index contributed by atoms with van der Waals surface area (Å²) in [6.45, 7) is 3.16. The molecule has 0 unspecified atom stereocenters. The van der Waals surface area contributed by atoms with E-state index in [2.05, 4.69) is 0 Å². The lowest BCUT2D eigenvalue weighted by atomic mass is 10.2. The van der Waals surface area contributed by atoms with Crippen LogP contribution in [0.5, 0.6) is 11.5 Å². The first-order valence-electron chi connectivity index (χ1n) is 7.43. The Labute approximate surface area is 147 Å². The summed E-state index contributed by atoms with van der Waals surface area (Å²) >= 11 is 7.27. The Morgan fingerprint density at radius 3 is 2.92 bits per heavy atom. The molecule has 0 spiro atoms. The highest BCUT2D eigenvalue weighted by atomic mass is 35.5. The van der Waals surface area contributed by atoms with E-state index in [9.17, 15) is 9.59 Å².